The molecule has 0 saturated heterocycles. The van der Waals surface area contributed by atoms with Crippen molar-refractivity contribution in [2.24, 2.45) is 11.5 Å². The monoisotopic (exact) mass is 202 g/mol. The molecule has 78 valence electrons. The average Bonchev–Trinajstić information content (AvgIpc) is 2.24. The molecule has 1 aliphatic rings. The first kappa shape index (κ1) is 10.0. The number of nitrogens with zero attached hydrogens (tertiary/aromatic N) is 2. The summed E-state index contributed by atoms with van der Waals surface area (Å²) in [7, 11) is 0. The van der Waals surface area contributed by atoms with Crippen molar-refractivity contribution in [1.82, 2.24) is 9.97 Å². The first-order valence-electron chi connectivity index (χ1n) is 4.85. The maximum absolute atomic E-state index is 6.22. The predicted octanol–water partition coefficient (Wildman–Crippen LogP) is 0.170. The Morgan fingerprint density at radius 2 is 2.00 bits per heavy atom. The summed E-state index contributed by atoms with van der Waals surface area (Å²) in [6.45, 7) is 0. The largest absolute Gasteiger partial charge is 0.323 e. The number of rotatable bonds is 2. The molecule has 4 nitrogen and oxygen atoms in total. The molecule has 1 aromatic rings. The van der Waals surface area contributed by atoms with Crippen LogP contribution in [0.3, 0.4) is 0 Å². The van der Waals surface area contributed by atoms with Gasteiger partial charge in [0.2, 0.25) is 0 Å². The summed E-state index contributed by atoms with van der Waals surface area (Å²) < 4.78 is 0. The highest BCUT2D eigenvalue weighted by Gasteiger charge is 2.29. The lowest BCUT2D eigenvalue weighted by atomic mass is 9.83. The standard InChI is InChI=1S/C11H14N4/c12-10-3-1-2-4-11(10,13)5-9-6-14-8-15-7-9/h1-4,6-8,10H,5,12-13H2. The fraction of sp³-hybridized carbons (Fsp3) is 0.273. The van der Waals surface area contributed by atoms with Crippen LogP contribution < -0.4 is 11.5 Å². The minimum atomic E-state index is -0.528. The Morgan fingerprint density at radius 3 is 2.67 bits per heavy atom. The molecule has 0 radical (unpaired) electrons. The number of hydrogen-bond donors (Lipinski definition) is 2. The fourth-order valence-corrected chi connectivity index (χ4v) is 1.66. The minimum Gasteiger partial charge on any atom is -0.323 e. The van der Waals surface area contributed by atoms with Gasteiger partial charge >= 0.3 is 0 Å². The molecule has 2 unspecified atom stereocenters. The van der Waals surface area contributed by atoms with Crippen LogP contribution in [0.2, 0.25) is 0 Å². The topological polar surface area (TPSA) is 77.8 Å². The first-order valence-corrected chi connectivity index (χ1v) is 4.85. The molecule has 2 rings (SSSR count). The Kier molecular flexibility index (Phi) is 2.62. The van der Waals surface area contributed by atoms with Gasteiger partial charge in [-0.3, -0.25) is 0 Å². The molecule has 1 heterocycles. The maximum Gasteiger partial charge on any atom is 0.115 e. The van der Waals surface area contributed by atoms with E-state index in [2.05, 4.69) is 9.97 Å². The number of hydrogen-bond acceptors (Lipinski definition) is 4. The fourth-order valence-electron chi connectivity index (χ4n) is 1.66. The highest BCUT2D eigenvalue weighted by Crippen LogP contribution is 2.18. The second kappa shape index (κ2) is 3.92. The summed E-state index contributed by atoms with van der Waals surface area (Å²) in [5.74, 6) is 0. The van der Waals surface area contributed by atoms with Crippen molar-refractivity contribution < 1.29 is 0 Å². The molecule has 0 aromatic carbocycles. The zero-order valence-corrected chi connectivity index (χ0v) is 8.38. The second-order valence-corrected chi connectivity index (χ2v) is 3.81. The lowest BCUT2D eigenvalue weighted by Crippen LogP contribution is -2.55. The first-order chi connectivity index (χ1) is 7.21. The second-order valence-electron chi connectivity index (χ2n) is 3.81. The van der Waals surface area contributed by atoms with Crippen molar-refractivity contribution in [3.63, 3.8) is 0 Å². The van der Waals surface area contributed by atoms with Crippen LogP contribution >= 0.6 is 0 Å². The van der Waals surface area contributed by atoms with Crippen molar-refractivity contribution in [3.8, 4) is 0 Å². The SMILES string of the molecule is NC1C=CC=CC1(N)Cc1cncnc1. The Labute approximate surface area is 88.7 Å². The Bertz CT molecular complexity index is 385. The van der Waals surface area contributed by atoms with Gasteiger partial charge in [0.25, 0.3) is 0 Å². The van der Waals surface area contributed by atoms with E-state index in [-0.39, 0.29) is 6.04 Å². The molecule has 0 spiro atoms. The quantitative estimate of drug-likeness (QED) is 0.716. The van der Waals surface area contributed by atoms with Crippen LogP contribution in [-0.4, -0.2) is 21.5 Å². The smallest absolute Gasteiger partial charge is 0.115 e. The van der Waals surface area contributed by atoms with Crippen molar-refractivity contribution in [2.75, 3.05) is 0 Å². The van der Waals surface area contributed by atoms with Gasteiger partial charge in [-0.15, -0.1) is 0 Å². The summed E-state index contributed by atoms with van der Waals surface area (Å²) in [5.41, 5.74) is 12.6. The Hall–Kier alpha value is -1.52. The van der Waals surface area contributed by atoms with Crippen LogP contribution in [0.4, 0.5) is 0 Å². The van der Waals surface area contributed by atoms with Gasteiger partial charge in [0, 0.05) is 18.4 Å². The zero-order chi connectivity index (χ0) is 10.7. The lowest BCUT2D eigenvalue weighted by Gasteiger charge is -2.32. The van der Waals surface area contributed by atoms with E-state index >= 15 is 0 Å². The highest BCUT2D eigenvalue weighted by atomic mass is 14.9. The molecule has 1 aliphatic carbocycles. The molecule has 1 aromatic heterocycles. The minimum absolute atomic E-state index is 0.164. The number of nitrogens with two attached hydrogens (primary N) is 2. The van der Waals surface area contributed by atoms with Gasteiger partial charge in [0.05, 0.1) is 5.54 Å². The summed E-state index contributed by atoms with van der Waals surface area (Å²) in [6.07, 6.45) is 13.4. The van der Waals surface area contributed by atoms with Gasteiger partial charge < -0.3 is 11.5 Å². The molecular weight excluding hydrogens is 188 g/mol. The molecule has 0 amide bonds. The normalized spacial score (nSPS) is 29.3. The third-order valence-corrected chi connectivity index (χ3v) is 2.58. The van der Waals surface area contributed by atoms with Crippen molar-refractivity contribution in [2.45, 2.75) is 18.0 Å². The van der Waals surface area contributed by atoms with Gasteiger partial charge in [-0.05, 0) is 12.0 Å². The Morgan fingerprint density at radius 1 is 1.27 bits per heavy atom. The molecule has 4 N–H and O–H groups in total. The van der Waals surface area contributed by atoms with Gasteiger partial charge in [-0.2, -0.15) is 0 Å². The van der Waals surface area contributed by atoms with E-state index in [1.165, 1.54) is 6.33 Å². The number of aromatic nitrogens is 2. The van der Waals surface area contributed by atoms with Crippen LogP contribution in [-0.2, 0) is 6.42 Å². The highest BCUT2D eigenvalue weighted by molar-refractivity contribution is 5.29. The van der Waals surface area contributed by atoms with E-state index in [9.17, 15) is 0 Å². The predicted molar refractivity (Wildman–Crippen MR) is 58.9 cm³/mol. The van der Waals surface area contributed by atoms with E-state index in [1.807, 2.05) is 24.3 Å². The summed E-state index contributed by atoms with van der Waals surface area (Å²) >= 11 is 0. The molecule has 2 atom stereocenters. The van der Waals surface area contributed by atoms with Gasteiger partial charge in [-0.1, -0.05) is 24.3 Å². The van der Waals surface area contributed by atoms with Crippen molar-refractivity contribution in [3.05, 3.63) is 48.6 Å². The molecule has 0 saturated carbocycles. The van der Waals surface area contributed by atoms with Crippen LogP contribution in [0, 0.1) is 0 Å². The van der Waals surface area contributed by atoms with Crippen molar-refractivity contribution in [1.29, 1.82) is 0 Å². The molecule has 0 fully saturated rings. The third-order valence-electron chi connectivity index (χ3n) is 2.58. The van der Waals surface area contributed by atoms with Crippen LogP contribution in [0.25, 0.3) is 0 Å². The Balaban J connectivity index is 2.18. The molecule has 0 bridgehead atoms. The third kappa shape index (κ3) is 2.11. The van der Waals surface area contributed by atoms with E-state index in [0.29, 0.717) is 6.42 Å². The van der Waals surface area contributed by atoms with E-state index in [1.54, 1.807) is 12.4 Å². The average molecular weight is 202 g/mol. The van der Waals surface area contributed by atoms with E-state index in [4.69, 9.17) is 11.5 Å². The molecular formula is C11H14N4. The molecule has 4 heteroatoms. The van der Waals surface area contributed by atoms with Gasteiger partial charge in [0.1, 0.15) is 6.33 Å². The zero-order valence-electron chi connectivity index (χ0n) is 8.38. The van der Waals surface area contributed by atoms with E-state index in [0.717, 1.165) is 5.56 Å². The van der Waals surface area contributed by atoms with Gasteiger partial charge in [0.15, 0.2) is 0 Å². The van der Waals surface area contributed by atoms with Crippen LogP contribution in [0.15, 0.2) is 43.0 Å². The van der Waals surface area contributed by atoms with Gasteiger partial charge in [-0.25, -0.2) is 9.97 Å². The summed E-state index contributed by atoms with van der Waals surface area (Å²) in [5, 5.41) is 0. The van der Waals surface area contributed by atoms with Crippen LogP contribution in [0.5, 0.6) is 0 Å². The van der Waals surface area contributed by atoms with Crippen molar-refractivity contribution >= 4 is 0 Å². The summed E-state index contributed by atoms with van der Waals surface area (Å²) in [6, 6.07) is -0.164. The van der Waals surface area contributed by atoms with E-state index < -0.39 is 5.54 Å². The number of allylic oxidation sites excluding steroid dienone is 2. The molecule has 0 aliphatic heterocycles. The maximum atomic E-state index is 6.22. The molecule has 15 heavy (non-hydrogen) atoms. The lowest BCUT2D eigenvalue weighted by molar-refractivity contribution is 0.465. The van der Waals surface area contributed by atoms with Crippen LogP contribution in [0.1, 0.15) is 5.56 Å². The summed E-state index contributed by atoms with van der Waals surface area (Å²) in [4.78, 5) is 7.91.